The first-order valence-electron chi connectivity index (χ1n) is 6.60. The van der Waals surface area contributed by atoms with Gasteiger partial charge >= 0.3 is 0 Å². The smallest absolute Gasteiger partial charge is 0.130 e. The molecule has 3 nitrogen and oxygen atoms in total. The average molecular weight is 278 g/mol. The Labute approximate surface area is 119 Å². The van der Waals surface area contributed by atoms with Crippen LogP contribution < -0.4 is 5.32 Å². The van der Waals surface area contributed by atoms with E-state index in [1.54, 1.807) is 0 Å². The summed E-state index contributed by atoms with van der Waals surface area (Å²) in [6.45, 7) is 5.13. The molecule has 0 bridgehead atoms. The number of nitrogens with one attached hydrogen (secondary N) is 1. The van der Waals surface area contributed by atoms with Crippen LogP contribution >= 0.6 is 11.6 Å². The minimum Gasteiger partial charge on any atom is -0.336 e. The predicted octanol–water partition coefficient (Wildman–Crippen LogP) is 3.47. The number of halogens is 1. The van der Waals surface area contributed by atoms with Crippen LogP contribution in [-0.4, -0.2) is 16.1 Å². The molecule has 0 aliphatic heterocycles. The van der Waals surface area contributed by atoms with Gasteiger partial charge in [0.2, 0.25) is 0 Å². The molecule has 1 heterocycles. The molecule has 0 saturated heterocycles. The van der Waals surface area contributed by atoms with Crippen LogP contribution in [0.4, 0.5) is 0 Å². The molecule has 0 aliphatic carbocycles. The number of imidazole rings is 1. The summed E-state index contributed by atoms with van der Waals surface area (Å²) >= 11 is 6.40. The Kier molecular flexibility index (Phi) is 4.61. The van der Waals surface area contributed by atoms with E-state index in [0.29, 0.717) is 0 Å². The minimum absolute atomic E-state index is 0.0352. The molecule has 4 heteroatoms. The summed E-state index contributed by atoms with van der Waals surface area (Å²) in [5.74, 6) is 0.985. The lowest BCUT2D eigenvalue weighted by Gasteiger charge is -2.20. The van der Waals surface area contributed by atoms with Crippen LogP contribution in [0.2, 0.25) is 5.02 Å². The molecule has 0 saturated carbocycles. The molecule has 0 amide bonds. The third-order valence-electron chi connectivity index (χ3n) is 3.18. The topological polar surface area (TPSA) is 29.9 Å². The van der Waals surface area contributed by atoms with Crippen LogP contribution in [0, 0.1) is 6.92 Å². The van der Waals surface area contributed by atoms with Crippen molar-refractivity contribution in [3.8, 4) is 0 Å². The average Bonchev–Trinajstić information content (AvgIpc) is 2.78. The SMILES string of the molecule is CCCNC(c1ccc(C)cc1Cl)c1nccn1C. The molecule has 2 rings (SSSR count). The van der Waals surface area contributed by atoms with Crippen molar-refractivity contribution in [2.75, 3.05) is 6.54 Å². The normalized spacial score (nSPS) is 12.6. The molecule has 0 aliphatic rings. The second-order valence-electron chi connectivity index (χ2n) is 4.81. The highest BCUT2D eigenvalue weighted by atomic mass is 35.5. The van der Waals surface area contributed by atoms with E-state index in [1.165, 1.54) is 5.56 Å². The molecule has 1 aromatic heterocycles. The van der Waals surface area contributed by atoms with Gasteiger partial charge in [-0.05, 0) is 37.1 Å². The summed E-state index contributed by atoms with van der Waals surface area (Å²) in [6.07, 6.45) is 4.85. The number of benzene rings is 1. The van der Waals surface area contributed by atoms with Crippen molar-refractivity contribution in [2.24, 2.45) is 7.05 Å². The zero-order valence-electron chi connectivity index (χ0n) is 11.7. The van der Waals surface area contributed by atoms with Gasteiger partial charge in [-0.2, -0.15) is 0 Å². The van der Waals surface area contributed by atoms with E-state index < -0.39 is 0 Å². The number of rotatable bonds is 5. The quantitative estimate of drug-likeness (QED) is 0.907. The maximum Gasteiger partial charge on any atom is 0.130 e. The highest BCUT2D eigenvalue weighted by Gasteiger charge is 2.19. The second-order valence-corrected chi connectivity index (χ2v) is 5.22. The van der Waals surface area contributed by atoms with E-state index in [1.807, 2.05) is 37.0 Å². The molecule has 1 aromatic carbocycles. The zero-order chi connectivity index (χ0) is 13.8. The highest BCUT2D eigenvalue weighted by Crippen LogP contribution is 2.28. The van der Waals surface area contributed by atoms with Crippen LogP contribution in [0.15, 0.2) is 30.6 Å². The lowest BCUT2D eigenvalue weighted by Crippen LogP contribution is -2.26. The Morgan fingerprint density at radius 3 is 2.79 bits per heavy atom. The molecule has 19 heavy (non-hydrogen) atoms. The van der Waals surface area contributed by atoms with Gasteiger partial charge in [-0.25, -0.2) is 4.98 Å². The summed E-state index contributed by atoms with van der Waals surface area (Å²) in [6, 6.07) is 6.21. The van der Waals surface area contributed by atoms with E-state index in [2.05, 4.69) is 29.4 Å². The Balaban J connectivity index is 2.40. The molecular formula is C15H20ClN3. The fourth-order valence-corrected chi connectivity index (χ4v) is 2.49. The summed E-state index contributed by atoms with van der Waals surface area (Å²) < 4.78 is 2.03. The summed E-state index contributed by atoms with van der Waals surface area (Å²) in [5, 5.41) is 4.31. The fourth-order valence-electron chi connectivity index (χ4n) is 2.15. The van der Waals surface area contributed by atoms with E-state index in [9.17, 15) is 0 Å². The van der Waals surface area contributed by atoms with Crippen molar-refractivity contribution >= 4 is 11.6 Å². The molecule has 2 aromatic rings. The molecule has 1 unspecified atom stereocenters. The summed E-state index contributed by atoms with van der Waals surface area (Å²) in [5.41, 5.74) is 2.25. The molecule has 0 fully saturated rings. The Morgan fingerprint density at radius 2 is 2.21 bits per heavy atom. The van der Waals surface area contributed by atoms with E-state index in [0.717, 1.165) is 29.4 Å². The van der Waals surface area contributed by atoms with E-state index in [-0.39, 0.29) is 6.04 Å². The highest BCUT2D eigenvalue weighted by molar-refractivity contribution is 6.31. The van der Waals surface area contributed by atoms with Gasteiger partial charge in [-0.3, -0.25) is 0 Å². The first kappa shape index (κ1) is 14.1. The van der Waals surface area contributed by atoms with Gasteiger partial charge in [0.1, 0.15) is 5.82 Å². The van der Waals surface area contributed by atoms with Gasteiger partial charge in [0.15, 0.2) is 0 Å². The molecule has 1 N–H and O–H groups in total. The fraction of sp³-hybridized carbons (Fsp3) is 0.400. The second kappa shape index (κ2) is 6.22. The number of hydrogen-bond donors (Lipinski definition) is 1. The first-order chi connectivity index (χ1) is 9.13. The lowest BCUT2D eigenvalue weighted by atomic mass is 10.0. The molecule has 1 atom stereocenters. The first-order valence-corrected chi connectivity index (χ1v) is 6.98. The van der Waals surface area contributed by atoms with Crippen molar-refractivity contribution < 1.29 is 0 Å². The van der Waals surface area contributed by atoms with Crippen LogP contribution in [-0.2, 0) is 7.05 Å². The Morgan fingerprint density at radius 1 is 1.42 bits per heavy atom. The monoisotopic (exact) mass is 277 g/mol. The van der Waals surface area contributed by atoms with Gasteiger partial charge in [-0.1, -0.05) is 30.7 Å². The lowest BCUT2D eigenvalue weighted by molar-refractivity contribution is 0.556. The number of aryl methyl sites for hydroxylation is 2. The van der Waals surface area contributed by atoms with Crippen molar-refractivity contribution in [2.45, 2.75) is 26.3 Å². The van der Waals surface area contributed by atoms with Gasteiger partial charge in [-0.15, -0.1) is 0 Å². The van der Waals surface area contributed by atoms with Crippen molar-refractivity contribution in [1.29, 1.82) is 0 Å². The van der Waals surface area contributed by atoms with Crippen molar-refractivity contribution in [1.82, 2.24) is 14.9 Å². The van der Waals surface area contributed by atoms with Crippen LogP contribution in [0.25, 0.3) is 0 Å². The Bertz CT molecular complexity index is 548. The summed E-state index contributed by atoms with van der Waals surface area (Å²) in [7, 11) is 2.01. The van der Waals surface area contributed by atoms with Gasteiger partial charge in [0, 0.05) is 24.5 Å². The Hall–Kier alpha value is -1.32. The maximum absolute atomic E-state index is 6.40. The molecule has 102 valence electrons. The largest absolute Gasteiger partial charge is 0.336 e. The van der Waals surface area contributed by atoms with Gasteiger partial charge in [0.05, 0.1) is 6.04 Å². The zero-order valence-corrected chi connectivity index (χ0v) is 12.4. The third-order valence-corrected chi connectivity index (χ3v) is 3.51. The predicted molar refractivity (Wildman–Crippen MR) is 79.5 cm³/mol. The third kappa shape index (κ3) is 3.17. The van der Waals surface area contributed by atoms with Gasteiger partial charge in [0.25, 0.3) is 0 Å². The molecule has 0 spiro atoms. The number of aromatic nitrogens is 2. The van der Waals surface area contributed by atoms with Gasteiger partial charge < -0.3 is 9.88 Å². The number of nitrogens with zero attached hydrogens (tertiary/aromatic N) is 2. The van der Waals surface area contributed by atoms with E-state index >= 15 is 0 Å². The van der Waals surface area contributed by atoms with Crippen molar-refractivity contribution in [3.05, 3.63) is 52.6 Å². The van der Waals surface area contributed by atoms with Crippen LogP contribution in [0.5, 0.6) is 0 Å². The molecule has 0 radical (unpaired) electrons. The standard InChI is InChI=1S/C15H20ClN3/c1-4-7-17-14(15-18-8-9-19(15)3)12-6-5-11(2)10-13(12)16/h5-6,8-10,14,17H,4,7H2,1-3H3. The maximum atomic E-state index is 6.40. The summed E-state index contributed by atoms with van der Waals surface area (Å²) in [4.78, 5) is 4.45. The minimum atomic E-state index is 0.0352. The molecular weight excluding hydrogens is 258 g/mol. The van der Waals surface area contributed by atoms with E-state index in [4.69, 9.17) is 11.6 Å². The van der Waals surface area contributed by atoms with Crippen LogP contribution in [0.3, 0.4) is 0 Å². The van der Waals surface area contributed by atoms with Crippen molar-refractivity contribution in [3.63, 3.8) is 0 Å². The number of hydrogen-bond acceptors (Lipinski definition) is 2. The van der Waals surface area contributed by atoms with Crippen LogP contribution in [0.1, 0.15) is 36.3 Å².